The number of aliphatic hydroxyl groups excluding tert-OH is 1. The normalized spacial score (nSPS) is 23.4. The quantitative estimate of drug-likeness (QED) is 0.867. The Morgan fingerprint density at radius 2 is 2.10 bits per heavy atom. The molecule has 21 heavy (non-hydrogen) atoms. The van der Waals surface area contributed by atoms with E-state index < -0.39 is 22.0 Å². The maximum Gasteiger partial charge on any atom is 0.335 e. The Labute approximate surface area is 124 Å². The summed E-state index contributed by atoms with van der Waals surface area (Å²) in [5, 5.41) is 18.5. The van der Waals surface area contributed by atoms with Gasteiger partial charge in [0.05, 0.1) is 23.1 Å². The highest BCUT2D eigenvalue weighted by Gasteiger charge is 2.39. The Morgan fingerprint density at radius 1 is 1.43 bits per heavy atom. The summed E-state index contributed by atoms with van der Waals surface area (Å²) in [5.74, 6) is -1.08. The predicted molar refractivity (Wildman–Crippen MR) is 76.7 cm³/mol. The minimum absolute atomic E-state index is 0.0242. The molecular formula is C14H19NO5S. The first-order valence-corrected chi connectivity index (χ1v) is 8.19. The van der Waals surface area contributed by atoms with Crippen molar-refractivity contribution in [3.8, 4) is 0 Å². The molecule has 1 fully saturated rings. The summed E-state index contributed by atoms with van der Waals surface area (Å²) < 4.78 is 26.6. The number of carboxylic acids is 1. The average Bonchev–Trinajstić information content (AvgIpc) is 2.80. The van der Waals surface area contributed by atoms with E-state index in [0.29, 0.717) is 18.5 Å². The molecule has 1 aromatic rings. The third-order valence-corrected chi connectivity index (χ3v) is 5.99. The number of hydrogen-bond donors (Lipinski definition) is 2. The average molecular weight is 313 g/mol. The van der Waals surface area contributed by atoms with Crippen molar-refractivity contribution in [2.45, 2.75) is 31.2 Å². The van der Waals surface area contributed by atoms with Gasteiger partial charge in [0.15, 0.2) is 0 Å². The number of aromatic carboxylic acids is 1. The van der Waals surface area contributed by atoms with Crippen molar-refractivity contribution in [2.75, 3.05) is 13.2 Å². The van der Waals surface area contributed by atoms with Crippen molar-refractivity contribution in [1.82, 2.24) is 4.31 Å². The summed E-state index contributed by atoms with van der Waals surface area (Å²) in [6.07, 6.45) is 0.683. The van der Waals surface area contributed by atoms with Crippen molar-refractivity contribution < 1.29 is 23.4 Å². The number of carboxylic acid groups (broad SMARTS) is 1. The molecular weight excluding hydrogens is 294 g/mol. The van der Waals surface area contributed by atoms with Gasteiger partial charge in [-0.1, -0.05) is 13.0 Å². The van der Waals surface area contributed by atoms with Crippen LogP contribution < -0.4 is 0 Å². The van der Waals surface area contributed by atoms with E-state index in [-0.39, 0.29) is 23.0 Å². The Morgan fingerprint density at radius 3 is 2.67 bits per heavy atom. The van der Waals surface area contributed by atoms with E-state index in [1.165, 1.54) is 22.5 Å². The van der Waals surface area contributed by atoms with Crippen LogP contribution in [0.1, 0.15) is 29.3 Å². The van der Waals surface area contributed by atoms with Crippen LogP contribution in [-0.2, 0) is 10.0 Å². The molecule has 2 N–H and O–H groups in total. The zero-order chi connectivity index (χ0) is 15.8. The van der Waals surface area contributed by atoms with E-state index >= 15 is 0 Å². The maximum absolute atomic E-state index is 12.7. The number of carbonyl (C=O) groups is 1. The van der Waals surface area contributed by atoms with Gasteiger partial charge in [0, 0.05) is 6.54 Å². The highest BCUT2D eigenvalue weighted by atomic mass is 32.2. The molecule has 1 aliphatic heterocycles. The molecule has 0 aliphatic carbocycles. The minimum Gasteiger partial charge on any atom is -0.478 e. The molecule has 0 bridgehead atoms. The number of aliphatic hydroxyl groups is 1. The van der Waals surface area contributed by atoms with Gasteiger partial charge in [0.25, 0.3) is 0 Å². The zero-order valence-corrected chi connectivity index (χ0v) is 12.8. The third-order valence-electron chi connectivity index (χ3n) is 4.06. The lowest BCUT2D eigenvalue weighted by atomic mass is 10.0. The molecule has 1 heterocycles. The van der Waals surface area contributed by atoms with E-state index in [1.807, 2.05) is 6.92 Å². The van der Waals surface area contributed by atoms with Crippen molar-refractivity contribution in [3.63, 3.8) is 0 Å². The van der Waals surface area contributed by atoms with Crippen LogP contribution in [0.2, 0.25) is 0 Å². The lowest BCUT2D eigenvalue weighted by molar-refractivity contribution is 0.0696. The summed E-state index contributed by atoms with van der Waals surface area (Å²) in [4.78, 5) is 11.1. The summed E-state index contributed by atoms with van der Waals surface area (Å²) in [6, 6.07) is 3.63. The molecule has 0 amide bonds. The second kappa shape index (κ2) is 5.75. The molecule has 2 atom stereocenters. The number of sulfonamides is 1. The summed E-state index contributed by atoms with van der Waals surface area (Å²) in [6.45, 7) is 3.62. The van der Waals surface area contributed by atoms with Crippen molar-refractivity contribution >= 4 is 16.0 Å². The summed E-state index contributed by atoms with van der Waals surface area (Å²) in [5.41, 5.74) is 0.485. The van der Waals surface area contributed by atoms with Crippen molar-refractivity contribution in [2.24, 2.45) is 5.92 Å². The standard InChI is InChI=1S/C14H19NO5S/c1-9-3-4-11(7-12(9)14(17)18)21(19,20)15-6-5-10(2)13(15)8-16/h3-4,7,10,13,16H,5-6,8H2,1-2H3,(H,17,18). The fourth-order valence-electron chi connectivity index (χ4n) is 2.67. The number of rotatable bonds is 4. The molecule has 1 aromatic carbocycles. The molecule has 0 saturated carbocycles. The highest BCUT2D eigenvalue weighted by molar-refractivity contribution is 7.89. The van der Waals surface area contributed by atoms with Gasteiger partial charge in [0.2, 0.25) is 10.0 Å². The van der Waals surface area contributed by atoms with Crippen LogP contribution in [0.4, 0.5) is 0 Å². The molecule has 7 heteroatoms. The van der Waals surface area contributed by atoms with Gasteiger partial charge in [0.1, 0.15) is 0 Å². The number of aryl methyl sites for hydroxylation is 1. The van der Waals surface area contributed by atoms with Crippen LogP contribution in [0, 0.1) is 12.8 Å². The number of hydrogen-bond acceptors (Lipinski definition) is 4. The third kappa shape index (κ3) is 2.81. The first-order valence-electron chi connectivity index (χ1n) is 6.75. The maximum atomic E-state index is 12.7. The minimum atomic E-state index is -3.80. The zero-order valence-electron chi connectivity index (χ0n) is 12.0. The molecule has 2 unspecified atom stereocenters. The lowest BCUT2D eigenvalue weighted by Gasteiger charge is -2.24. The van der Waals surface area contributed by atoms with E-state index in [4.69, 9.17) is 5.11 Å². The smallest absolute Gasteiger partial charge is 0.335 e. The topological polar surface area (TPSA) is 94.9 Å². The van der Waals surface area contributed by atoms with Crippen LogP contribution in [0.5, 0.6) is 0 Å². The molecule has 0 radical (unpaired) electrons. The van der Waals surface area contributed by atoms with Gasteiger partial charge in [-0.05, 0) is 37.0 Å². The van der Waals surface area contributed by atoms with E-state index in [9.17, 15) is 18.3 Å². The first kappa shape index (κ1) is 15.9. The van der Waals surface area contributed by atoms with Crippen LogP contribution in [0.15, 0.2) is 23.1 Å². The molecule has 0 aromatic heterocycles. The molecule has 0 spiro atoms. The fourth-order valence-corrected chi connectivity index (χ4v) is 4.42. The lowest BCUT2D eigenvalue weighted by Crippen LogP contribution is -2.39. The Bertz CT molecular complexity index is 655. The molecule has 116 valence electrons. The molecule has 2 rings (SSSR count). The SMILES string of the molecule is Cc1ccc(S(=O)(=O)N2CCC(C)C2CO)cc1C(=O)O. The second-order valence-corrected chi connectivity index (χ2v) is 7.30. The number of nitrogens with zero attached hydrogens (tertiary/aromatic N) is 1. The van der Waals surface area contributed by atoms with Crippen molar-refractivity contribution in [3.05, 3.63) is 29.3 Å². The Kier molecular flexibility index (Phi) is 4.36. The Balaban J connectivity index is 2.45. The fraction of sp³-hybridized carbons (Fsp3) is 0.500. The molecule has 6 nitrogen and oxygen atoms in total. The van der Waals surface area contributed by atoms with Crippen LogP contribution in [0.25, 0.3) is 0 Å². The Hall–Kier alpha value is -1.44. The first-order chi connectivity index (χ1) is 9.78. The van der Waals surface area contributed by atoms with E-state index in [2.05, 4.69) is 0 Å². The summed E-state index contributed by atoms with van der Waals surface area (Å²) in [7, 11) is -3.80. The highest BCUT2D eigenvalue weighted by Crippen LogP contribution is 2.30. The van der Waals surface area contributed by atoms with Gasteiger partial charge in [-0.2, -0.15) is 4.31 Å². The monoisotopic (exact) mass is 313 g/mol. The number of benzene rings is 1. The predicted octanol–water partition coefficient (Wildman–Crippen LogP) is 1.08. The molecule has 1 aliphatic rings. The molecule has 1 saturated heterocycles. The van der Waals surface area contributed by atoms with Crippen molar-refractivity contribution in [1.29, 1.82) is 0 Å². The largest absolute Gasteiger partial charge is 0.478 e. The van der Waals surface area contributed by atoms with E-state index in [0.717, 1.165) is 0 Å². The van der Waals surface area contributed by atoms with Gasteiger partial charge in [-0.3, -0.25) is 0 Å². The van der Waals surface area contributed by atoms with Gasteiger partial charge >= 0.3 is 5.97 Å². The van der Waals surface area contributed by atoms with Crippen LogP contribution in [-0.4, -0.2) is 48.1 Å². The van der Waals surface area contributed by atoms with Gasteiger partial charge in [-0.15, -0.1) is 0 Å². The second-order valence-electron chi connectivity index (χ2n) is 5.41. The summed E-state index contributed by atoms with van der Waals surface area (Å²) >= 11 is 0. The van der Waals surface area contributed by atoms with Gasteiger partial charge in [-0.25, -0.2) is 13.2 Å². The van der Waals surface area contributed by atoms with Crippen LogP contribution >= 0.6 is 0 Å². The van der Waals surface area contributed by atoms with E-state index in [1.54, 1.807) is 6.92 Å². The van der Waals surface area contributed by atoms with Gasteiger partial charge < -0.3 is 10.2 Å². The van der Waals surface area contributed by atoms with Crippen LogP contribution in [0.3, 0.4) is 0 Å².